The van der Waals surface area contributed by atoms with Gasteiger partial charge >= 0.3 is 0 Å². The summed E-state index contributed by atoms with van der Waals surface area (Å²) < 4.78 is 4.20. The maximum Gasteiger partial charge on any atom is 0.141 e. The highest BCUT2D eigenvalue weighted by Gasteiger charge is 2.43. The minimum absolute atomic E-state index is 0.305. The predicted molar refractivity (Wildman–Crippen MR) is 200 cm³/mol. The SMILES string of the molecule is Cc1cccc(C2(O)c3cc(Br)ccc3-c3ccc(Br)cc32)c1.Cc1cccc(C2c3cc(Br)ccc3-c3ccc(Br)cc32)c1. The van der Waals surface area contributed by atoms with Crippen LogP contribution in [-0.4, -0.2) is 5.11 Å². The van der Waals surface area contributed by atoms with Gasteiger partial charge in [0.25, 0.3) is 0 Å². The van der Waals surface area contributed by atoms with Crippen LogP contribution in [0.5, 0.6) is 0 Å². The van der Waals surface area contributed by atoms with Crippen LogP contribution in [0.1, 0.15) is 50.4 Å². The van der Waals surface area contributed by atoms with E-state index in [9.17, 15) is 5.11 Å². The zero-order valence-electron chi connectivity index (χ0n) is 24.6. The molecule has 1 N–H and O–H groups in total. The Balaban J connectivity index is 0.000000145. The molecule has 6 aromatic carbocycles. The van der Waals surface area contributed by atoms with Crippen molar-refractivity contribution in [1.29, 1.82) is 0 Å². The molecule has 0 saturated heterocycles. The summed E-state index contributed by atoms with van der Waals surface area (Å²) in [7, 11) is 0. The highest BCUT2D eigenvalue weighted by molar-refractivity contribution is 9.11. The van der Waals surface area contributed by atoms with Crippen LogP contribution in [0.4, 0.5) is 0 Å². The van der Waals surface area contributed by atoms with Crippen molar-refractivity contribution in [2.75, 3.05) is 0 Å². The second kappa shape index (κ2) is 12.1. The van der Waals surface area contributed by atoms with E-state index in [-0.39, 0.29) is 0 Å². The lowest BCUT2D eigenvalue weighted by molar-refractivity contribution is 0.130. The molecule has 0 atom stereocenters. The number of aryl methyl sites for hydroxylation is 2. The van der Waals surface area contributed by atoms with E-state index in [0.717, 1.165) is 51.3 Å². The quantitative estimate of drug-likeness (QED) is 0.184. The normalized spacial score (nSPS) is 13.8. The average Bonchev–Trinajstić information content (AvgIpc) is 3.45. The van der Waals surface area contributed by atoms with Crippen LogP contribution >= 0.6 is 63.7 Å². The van der Waals surface area contributed by atoms with E-state index in [1.165, 1.54) is 33.4 Å². The first-order valence-corrected chi connectivity index (χ1v) is 17.9. The van der Waals surface area contributed by atoms with Crippen molar-refractivity contribution in [3.05, 3.63) is 184 Å². The molecule has 2 aliphatic rings. The summed E-state index contributed by atoms with van der Waals surface area (Å²) in [4.78, 5) is 0. The lowest BCUT2D eigenvalue weighted by Crippen LogP contribution is -2.26. The lowest BCUT2D eigenvalue weighted by Gasteiger charge is -2.27. The second-order valence-corrected chi connectivity index (χ2v) is 15.4. The Labute approximate surface area is 297 Å². The monoisotopic (exact) mass is 840 g/mol. The van der Waals surface area contributed by atoms with Crippen LogP contribution in [0, 0.1) is 13.8 Å². The van der Waals surface area contributed by atoms with Gasteiger partial charge in [-0.1, -0.05) is 148 Å². The molecule has 0 spiro atoms. The van der Waals surface area contributed by atoms with Gasteiger partial charge in [0.05, 0.1) is 0 Å². The largest absolute Gasteiger partial charge is 0.376 e. The topological polar surface area (TPSA) is 20.2 Å². The third-order valence-electron chi connectivity index (χ3n) is 8.78. The molecule has 6 aromatic rings. The lowest BCUT2D eigenvalue weighted by atomic mass is 9.84. The number of benzene rings is 6. The Morgan fingerprint density at radius 1 is 0.489 bits per heavy atom. The highest BCUT2D eigenvalue weighted by Crippen LogP contribution is 2.52. The van der Waals surface area contributed by atoms with Gasteiger partial charge in [-0.25, -0.2) is 0 Å². The van der Waals surface area contributed by atoms with Crippen molar-refractivity contribution in [3.63, 3.8) is 0 Å². The Morgan fingerprint density at radius 2 is 0.933 bits per heavy atom. The van der Waals surface area contributed by atoms with Crippen LogP contribution < -0.4 is 0 Å². The minimum atomic E-state index is -1.13. The number of fused-ring (bicyclic) bond motifs is 6. The first-order chi connectivity index (χ1) is 21.6. The van der Waals surface area contributed by atoms with Crippen molar-refractivity contribution in [3.8, 4) is 22.3 Å². The van der Waals surface area contributed by atoms with Crippen molar-refractivity contribution in [2.45, 2.75) is 25.4 Å². The summed E-state index contributed by atoms with van der Waals surface area (Å²) in [5.74, 6) is 0.305. The molecule has 45 heavy (non-hydrogen) atoms. The molecule has 2 aliphatic carbocycles. The molecule has 0 bridgehead atoms. The third-order valence-corrected chi connectivity index (χ3v) is 10.8. The van der Waals surface area contributed by atoms with Crippen molar-refractivity contribution in [2.24, 2.45) is 0 Å². The molecule has 8 rings (SSSR count). The molecule has 0 unspecified atom stereocenters. The average molecular weight is 844 g/mol. The van der Waals surface area contributed by atoms with Crippen LogP contribution in [0.2, 0.25) is 0 Å². The van der Waals surface area contributed by atoms with Gasteiger partial charge in [-0.05, 0) is 107 Å². The van der Waals surface area contributed by atoms with E-state index in [2.05, 4.69) is 150 Å². The smallest absolute Gasteiger partial charge is 0.141 e. The van der Waals surface area contributed by atoms with E-state index < -0.39 is 5.60 Å². The third kappa shape index (κ3) is 5.51. The molecule has 0 fully saturated rings. The fourth-order valence-electron chi connectivity index (χ4n) is 6.84. The molecule has 222 valence electrons. The molecule has 0 amide bonds. The highest BCUT2D eigenvalue weighted by atomic mass is 79.9. The van der Waals surface area contributed by atoms with Gasteiger partial charge in [0.1, 0.15) is 5.60 Å². The van der Waals surface area contributed by atoms with Gasteiger partial charge in [0, 0.05) is 34.9 Å². The van der Waals surface area contributed by atoms with Gasteiger partial charge in [-0.3, -0.25) is 0 Å². The first-order valence-electron chi connectivity index (χ1n) is 14.7. The molecule has 1 nitrogen and oxygen atoms in total. The summed E-state index contributed by atoms with van der Waals surface area (Å²) in [6.45, 7) is 4.20. The van der Waals surface area contributed by atoms with Crippen LogP contribution in [0.25, 0.3) is 22.3 Å². The van der Waals surface area contributed by atoms with Crippen molar-refractivity contribution in [1.82, 2.24) is 0 Å². The summed E-state index contributed by atoms with van der Waals surface area (Å²) in [5, 5.41) is 11.8. The fraction of sp³-hybridized carbons (Fsp3) is 0.100. The second-order valence-electron chi connectivity index (χ2n) is 11.8. The molecule has 0 aromatic heterocycles. The summed E-state index contributed by atoms with van der Waals surface area (Å²) in [6, 6.07) is 42.4. The van der Waals surface area contributed by atoms with E-state index in [4.69, 9.17) is 0 Å². The van der Waals surface area contributed by atoms with Crippen LogP contribution in [-0.2, 0) is 5.60 Å². The van der Waals surface area contributed by atoms with E-state index in [1.54, 1.807) is 0 Å². The van der Waals surface area contributed by atoms with Gasteiger partial charge in [-0.2, -0.15) is 0 Å². The number of aliphatic hydroxyl groups is 1. The van der Waals surface area contributed by atoms with Gasteiger partial charge < -0.3 is 5.11 Å². The number of rotatable bonds is 2. The van der Waals surface area contributed by atoms with Crippen LogP contribution in [0.15, 0.2) is 139 Å². The Kier molecular flexibility index (Phi) is 8.29. The number of halogens is 4. The fourth-order valence-corrected chi connectivity index (χ4v) is 8.32. The summed E-state index contributed by atoms with van der Waals surface area (Å²) in [6.07, 6.45) is 0. The predicted octanol–water partition coefficient (Wildman–Crippen LogP) is 12.5. The molecule has 0 aliphatic heterocycles. The standard InChI is InChI=1S/C20H14Br2O.C20H14Br2/c1-12-3-2-4-13(9-12)20(23)18-10-14(21)5-7-16(18)17-8-6-15(22)11-19(17)20;1-12-3-2-4-13(9-12)20-18-10-14(21)5-7-16(18)17-8-6-15(22)11-19(17)20/h2-11,23H,1H3;2-11,20H,1H3. The van der Waals surface area contributed by atoms with Crippen molar-refractivity contribution >= 4 is 63.7 Å². The molecule has 5 heteroatoms. The Bertz CT molecular complexity index is 2010. The maximum absolute atomic E-state index is 11.8. The Hall–Kier alpha value is -2.80. The van der Waals surface area contributed by atoms with Crippen LogP contribution in [0.3, 0.4) is 0 Å². The minimum Gasteiger partial charge on any atom is -0.376 e. The van der Waals surface area contributed by atoms with E-state index in [1.807, 2.05) is 49.4 Å². The van der Waals surface area contributed by atoms with Gasteiger partial charge in [0.15, 0.2) is 0 Å². The molecular formula is C40H28Br4O. The molecular weight excluding hydrogens is 816 g/mol. The van der Waals surface area contributed by atoms with Gasteiger partial charge in [-0.15, -0.1) is 0 Å². The first kappa shape index (κ1) is 30.8. The number of hydrogen-bond donors (Lipinski definition) is 1. The van der Waals surface area contributed by atoms with E-state index >= 15 is 0 Å². The summed E-state index contributed by atoms with van der Waals surface area (Å²) >= 11 is 14.3. The van der Waals surface area contributed by atoms with Gasteiger partial charge in [0.2, 0.25) is 0 Å². The Morgan fingerprint density at radius 3 is 1.42 bits per heavy atom. The van der Waals surface area contributed by atoms with E-state index in [0.29, 0.717) is 5.92 Å². The van der Waals surface area contributed by atoms with Crippen molar-refractivity contribution < 1.29 is 5.11 Å². The summed E-state index contributed by atoms with van der Waals surface area (Å²) in [5.41, 5.74) is 13.0. The molecule has 0 radical (unpaired) electrons. The number of hydrogen-bond acceptors (Lipinski definition) is 1. The molecule has 0 heterocycles. The molecule has 0 saturated carbocycles. The maximum atomic E-state index is 11.8. The zero-order valence-corrected chi connectivity index (χ0v) is 30.9. The zero-order chi connectivity index (χ0) is 31.5.